The van der Waals surface area contributed by atoms with Crippen molar-refractivity contribution in [3.8, 4) is 0 Å². The summed E-state index contributed by atoms with van der Waals surface area (Å²) in [7, 11) is 0. The molecule has 0 spiro atoms. The number of benzene rings is 1. The highest BCUT2D eigenvalue weighted by atomic mass is 16.2. The summed E-state index contributed by atoms with van der Waals surface area (Å²) in [6.07, 6.45) is 8.92. The molecular weight excluding hydrogens is 340 g/mol. The number of aromatic nitrogens is 5. The lowest BCUT2D eigenvalue weighted by atomic mass is 9.97. The number of aromatic amines is 1. The van der Waals surface area contributed by atoms with Gasteiger partial charge in [-0.2, -0.15) is 0 Å². The number of carbonyl (C=O) groups excluding carboxylic acids is 1. The van der Waals surface area contributed by atoms with Gasteiger partial charge in [0, 0.05) is 43.8 Å². The summed E-state index contributed by atoms with van der Waals surface area (Å²) in [5.74, 6) is 1.10. The SMILES string of the molecule is Cc1ccc2nc(C3CCCN(C(=O)c4nccn5ccnc45)C3)[nH]c2c1. The van der Waals surface area contributed by atoms with E-state index in [2.05, 4.69) is 34.0 Å². The predicted molar refractivity (Wildman–Crippen MR) is 102 cm³/mol. The van der Waals surface area contributed by atoms with E-state index >= 15 is 0 Å². The first-order valence-electron chi connectivity index (χ1n) is 9.22. The second-order valence-electron chi connectivity index (χ2n) is 7.17. The quantitative estimate of drug-likeness (QED) is 0.596. The Labute approximate surface area is 156 Å². The maximum atomic E-state index is 13.1. The average molecular weight is 360 g/mol. The van der Waals surface area contributed by atoms with Gasteiger partial charge in [-0.05, 0) is 37.5 Å². The number of nitrogens with one attached hydrogen (secondary N) is 1. The third-order valence-corrected chi connectivity index (χ3v) is 5.26. The first kappa shape index (κ1) is 16.0. The van der Waals surface area contributed by atoms with E-state index in [9.17, 15) is 4.79 Å². The molecule has 3 aromatic heterocycles. The van der Waals surface area contributed by atoms with Gasteiger partial charge in [-0.3, -0.25) is 4.79 Å². The van der Waals surface area contributed by atoms with Gasteiger partial charge in [0.05, 0.1) is 11.0 Å². The van der Waals surface area contributed by atoms with Gasteiger partial charge >= 0.3 is 0 Å². The van der Waals surface area contributed by atoms with Crippen molar-refractivity contribution in [2.45, 2.75) is 25.7 Å². The van der Waals surface area contributed by atoms with Crippen LogP contribution in [0.15, 0.2) is 43.0 Å². The first-order valence-corrected chi connectivity index (χ1v) is 9.22. The Balaban J connectivity index is 1.43. The Bertz CT molecular complexity index is 1140. The van der Waals surface area contributed by atoms with E-state index in [4.69, 9.17) is 4.98 Å². The van der Waals surface area contributed by atoms with E-state index in [1.54, 1.807) is 18.6 Å². The molecule has 1 aromatic carbocycles. The molecular formula is C20H20N6O. The van der Waals surface area contributed by atoms with Crippen LogP contribution in [0.25, 0.3) is 16.7 Å². The zero-order chi connectivity index (χ0) is 18.4. The summed E-state index contributed by atoms with van der Waals surface area (Å²) < 4.78 is 1.82. The summed E-state index contributed by atoms with van der Waals surface area (Å²) in [6.45, 7) is 3.45. The van der Waals surface area contributed by atoms with E-state index in [1.165, 1.54) is 5.56 Å². The largest absolute Gasteiger partial charge is 0.342 e. The molecule has 1 aliphatic heterocycles. The summed E-state index contributed by atoms with van der Waals surface area (Å²) >= 11 is 0. The molecule has 1 N–H and O–H groups in total. The number of imidazole rings is 2. The van der Waals surface area contributed by atoms with Gasteiger partial charge in [-0.25, -0.2) is 15.0 Å². The van der Waals surface area contributed by atoms with E-state index in [1.807, 2.05) is 21.6 Å². The molecule has 0 bridgehead atoms. The van der Waals surface area contributed by atoms with Crippen LogP contribution >= 0.6 is 0 Å². The lowest BCUT2D eigenvalue weighted by Crippen LogP contribution is -2.40. The zero-order valence-electron chi connectivity index (χ0n) is 15.1. The number of H-pyrrole nitrogens is 1. The minimum atomic E-state index is -0.0662. The minimum Gasteiger partial charge on any atom is -0.342 e. The van der Waals surface area contributed by atoms with Crippen molar-refractivity contribution in [2.75, 3.05) is 13.1 Å². The second kappa shape index (κ2) is 6.19. The number of likely N-dealkylation sites (tertiary alicyclic amines) is 1. The van der Waals surface area contributed by atoms with Crippen LogP contribution in [-0.2, 0) is 0 Å². The van der Waals surface area contributed by atoms with Crippen molar-refractivity contribution >= 4 is 22.6 Å². The minimum absolute atomic E-state index is 0.0662. The van der Waals surface area contributed by atoms with E-state index in [-0.39, 0.29) is 11.8 Å². The molecule has 4 aromatic rings. The lowest BCUT2D eigenvalue weighted by Gasteiger charge is -2.31. The molecule has 1 atom stereocenters. The van der Waals surface area contributed by atoms with Crippen molar-refractivity contribution in [3.63, 3.8) is 0 Å². The number of hydrogen-bond acceptors (Lipinski definition) is 4. The van der Waals surface area contributed by atoms with E-state index in [0.29, 0.717) is 17.9 Å². The summed E-state index contributed by atoms with van der Waals surface area (Å²) in [4.78, 5) is 31.8. The Kier molecular flexibility index (Phi) is 3.67. The number of nitrogens with zero attached hydrogens (tertiary/aromatic N) is 5. The summed E-state index contributed by atoms with van der Waals surface area (Å²) in [5, 5.41) is 0. The standard InChI is InChI=1S/C20H20N6O/c1-13-4-5-15-16(11-13)24-18(23-15)14-3-2-8-26(12-14)20(27)17-19-22-7-10-25(19)9-6-21-17/h4-7,9-11,14H,2-3,8,12H2,1H3,(H,23,24). The Morgan fingerprint density at radius 1 is 1.22 bits per heavy atom. The molecule has 1 saturated heterocycles. The topological polar surface area (TPSA) is 79.2 Å². The van der Waals surface area contributed by atoms with Gasteiger partial charge in [0.2, 0.25) is 0 Å². The Hall–Kier alpha value is -3.22. The Morgan fingerprint density at radius 3 is 2.96 bits per heavy atom. The van der Waals surface area contributed by atoms with Gasteiger partial charge in [0.1, 0.15) is 5.82 Å². The number of rotatable bonds is 2. The molecule has 1 aliphatic rings. The number of amides is 1. The van der Waals surface area contributed by atoms with E-state index in [0.717, 1.165) is 36.2 Å². The van der Waals surface area contributed by atoms with Gasteiger partial charge in [0.15, 0.2) is 11.3 Å². The third-order valence-electron chi connectivity index (χ3n) is 5.26. The van der Waals surface area contributed by atoms with Crippen molar-refractivity contribution in [3.05, 3.63) is 60.1 Å². The number of piperidine rings is 1. The predicted octanol–water partition coefficient (Wildman–Crippen LogP) is 2.93. The van der Waals surface area contributed by atoms with Crippen molar-refractivity contribution in [2.24, 2.45) is 0 Å². The monoisotopic (exact) mass is 360 g/mol. The highest BCUT2D eigenvalue weighted by molar-refractivity contribution is 5.97. The van der Waals surface area contributed by atoms with Crippen LogP contribution in [0.2, 0.25) is 0 Å². The molecule has 27 heavy (non-hydrogen) atoms. The molecule has 4 heterocycles. The summed E-state index contributed by atoms with van der Waals surface area (Å²) in [5.41, 5.74) is 4.24. The number of hydrogen-bond donors (Lipinski definition) is 1. The molecule has 7 heteroatoms. The molecule has 7 nitrogen and oxygen atoms in total. The highest BCUT2D eigenvalue weighted by Gasteiger charge is 2.29. The zero-order valence-corrected chi connectivity index (χ0v) is 15.1. The maximum Gasteiger partial charge on any atom is 0.276 e. The fourth-order valence-electron chi connectivity index (χ4n) is 3.88. The van der Waals surface area contributed by atoms with Crippen LogP contribution in [0.1, 0.15) is 40.6 Å². The van der Waals surface area contributed by atoms with Crippen LogP contribution in [0.5, 0.6) is 0 Å². The van der Waals surface area contributed by atoms with Gasteiger partial charge in [0.25, 0.3) is 5.91 Å². The fraction of sp³-hybridized carbons (Fsp3) is 0.300. The lowest BCUT2D eigenvalue weighted by molar-refractivity contribution is 0.0700. The van der Waals surface area contributed by atoms with Gasteiger partial charge in [-0.1, -0.05) is 6.07 Å². The smallest absolute Gasteiger partial charge is 0.276 e. The molecule has 1 fully saturated rings. The molecule has 0 saturated carbocycles. The molecule has 5 rings (SSSR count). The van der Waals surface area contributed by atoms with Gasteiger partial charge < -0.3 is 14.3 Å². The third kappa shape index (κ3) is 2.75. The molecule has 0 aliphatic carbocycles. The normalized spacial score (nSPS) is 17.7. The first-order chi connectivity index (χ1) is 13.2. The van der Waals surface area contributed by atoms with Crippen LogP contribution in [-0.4, -0.2) is 48.2 Å². The van der Waals surface area contributed by atoms with Crippen LogP contribution in [0.4, 0.5) is 0 Å². The molecule has 0 radical (unpaired) electrons. The van der Waals surface area contributed by atoms with Crippen LogP contribution < -0.4 is 0 Å². The highest BCUT2D eigenvalue weighted by Crippen LogP contribution is 2.28. The average Bonchev–Trinajstić information content (AvgIpc) is 3.33. The van der Waals surface area contributed by atoms with Crippen molar-refractivity contribution in [1.82, 2.24) is 29.2 Å². The molecule has 1 amide bonds. The molecule has 1 unspecified atom stereocenters. The fourth-order valence-corrected chi connectivity index (χ4v) is 3.88. The summed E-state index contributed by atoms with van der Waals surface area (Å²) in [6, 6.07) is 6.22. The molecule has 136 valence electrons. The van der Waals surface area contributed by atoms with Crippen LogP contribution in [0, 0.1) is 6.92 Å². The number of fused-ring (bicyclic) bond motifs is 2. The number of aryl methyl sites for hydroxylation is 1. The number of carbonyl (C=O) groups is 1. The van der Waals surface area contributed by atoms with E-state index < -0.39 is 0 Å². The van der Waals surface area contributed by atoms with Crippen molar-refractivity contribution < 1.29 is 4.79 Å². The van der Waals surface area contributed by atoms with Crippen molar-refractivity contribution in [1.29, 1.82) is 0 Å². The second-order valence-corrected chi connectivity index (χ2v) is 7.17. The Morgan fingerprint density at radius 2 is 2.07 bits per heavy atom. The van der Waals surface area contributed by atoms with Crippen LogP contribution in [0.3, 0.4) is 0 Å². The maximum absolute atomic E-state index is 13.1. The van der Waals surface area contributed by atoms with Gasteiger partial charge in [-0.15, -0.1) is 0 Å².